The number of aromatic nitrogens is 3. The van der Waals surface area contributed by atoms with Crippen LogP contribution in [0.5, 0.6) is 0 Å². The fraction of sp³-hybridized carbons (Fsp3) is 0.467. The van der Waals surface area contributed by atoms with E-state index in [-0.39, 0.29) is 6.04 Å². The molecule has 0 amide bonds. The van der Waals surface area contributed by atoms with E-state index >= 15 is 0 Å². The number of rotatable bonds is 3. The highest BCUT2D eigenvalue weighted by atomic mass is 32.2. The second kappa shape index (κ2) is 6.52. The number of benzene rings is 1. The summed E-state index contributed by atoms with van der Waals surface area (Å²) in [5.74, 6) is 1.76. The van der Waals surface area contributed by atoms with Gasteiger partial charge in [0.1, 0.15) is 0 Å². The average molecular weight is 342 g/mol. The van der Waals surface area contributed by atoms with E-state index in [1.165, 1.54) is 12.1 Å². The van der Waals surface area contributed by atoms with Crippen LogP contribution in [0.15, 0.2) is 30.5 Å². The van der Waals surface area contributed by atoms with Gasteiger partial charge in [-0.15, -0.1) is 5.10 Å². The third-order valence-corrected chi connectivity index (χ3v) is 5.03. The number of alkyl halides is 3. The van der Waals surface area contributed by atoms with Gasteiger partial charge in [-0.2, -0.15) is 24.9 Å². The molecule has 0 bridgehead atoms. The third kappa shape index (κ3) is 3.69. The lowest BCUT2D eigenvalue weighted by Crippen LogP contribution is -2.36. The van der Waals surface area contributed by atoms with Crippen LogP contribution in [-0.2, 0) is 19.8 Å². The number of thioether (sulfide) groups is 1. The third-order valence-electron chi connectivity index (χ3n) is 4.01. The molecule has 0 spiro atoms. The summed E-state index contributed by atoms with van der Waals surface area (Å²) in [6.07, 6.45) is -2.61. The first-order valence-electron chi connectivity index (χ1n) is 7.27. The summed E-state index contributed by atoms with van der Waals surface area (Å²) in [4.78, 5) is 2.20. The van der Waals surface area contributed by atoms with Gasteiger partial charge in [0, 0.05) is 37.7 Å². The van der Waals surface area contributed by atoms with Crippen LogP contribution < -0.4 is 0 Å². The SMILES string of the molecule is Cn1nncc1CN1CCSC[C@H]1c1cccc(C(F)(F)F)c1. The van der Waals surface area contributed by atoms with Crippen molar-refractivity contribution in [2.45, 2.75) is 18.8 Å². The lowest BCUT2D eigenvalue weighted by Gasteiger charge is -2.35. The molecule has 23 heavy (non-hydrogen) atoms. The Morgan fingerprint density at radius 1 is 1.35 bits per heavy atom. The minimum absolute atomic E-state index is 0.0362. The van der Waals surface area contributed by atoms with Gasteiger partial charge in [-0.25, -0.2) is 0 Å². The van der Waals surface area contributed by atoms with Crippen LogP contribution in [0.3, 0.4) is 0 Å². The quantitative estimate of drug-likeness (QED) is 0.858. The van der Waals surface area contributed by atoms with Crippen molar-refractivity contribution in [3.8, 4) is 0 Å². The minimum atomic E-state index is -4.31. The predicted molar refractivity (Wildman–Crippen MR) is 82.9 cm³/mol. The Morgan fingerprint density at radius 2 is 2.17 bits per heavy atom. The summed E-state index contributed by atoms with van der Waals surface area (Å²) in [7, 11) is 1.82. The molecule has 124 valence electrons. The fourth-order valence-corrected chi connectivity index (χ4v) is 3.88. The van der Waals surface area contributed by atoms with E-state index in [9.17, 15) is 13.2 Å². The topological polar surface area (TPSA) is 34.0 Å². The first kappa shape index (κ1) is 16.3. The van der Waals surface area contributed by atoms with Crippen molar-refractivity contribution < 1.29 is 13.2 Å². The van der Waals surface area contributed by atoms with Gasteiger partial charge in [-0.1, -0.05) is 17.3 Å². The smallest absolute Gasteiger partial charge is 0.289 e. The summed E-state index contributed by atoms with van der Waals surface area (Å²) in [5.41, 5.74) is 1.07. The largest absolute Gasteiger partial charge is 0.416 e. The molecule has 0 radical (unpaired) electrons. The first-order valence-corrected chi connectivity index (χ1v) is 8.43. The Bertz CT molecular complexity index is 671. The molecule has 1 aliphatic heterocycles. The summed E-state index contributed by atoms with van der Waals surface area (Å²) in [6.45, 7) is 1.46. The monoisotopic (exact) mass is 342 g/mol. The van der Waals surface area contributed by atoms with Crippen molar-refractivity contribution in [1.29, 1.82) is 0 Å². The molecule has 1 atom stereocenters. The summed E-state index contributed by atoms with van der Waals surface area (Å²) in [6, 6.07) is 5.62. The Morgan fingerprint density at radius 3 is 2.87 bits per heavy atom. The average Bonchev–Trinajstić information content (AvgIpc) is 2.92. The Balaban J connectivity index is 1.85. The normalized spacial score (nSPS) is 19.9. The lowest BCUT2D eigenvalue weighted by atomic mass is 10.0. The highest BCUT2D eigenvalue weighted by Gasteiger charge is 2.32. The highest BCUT2D eigenvalue weighted by molar-refractivity contribution is 7.99. The fourth-order valence-electron chi connectivity index (χ4n) is 2.72. The molecule has 0 aliphatic carbocycles. The Labute approximate surface area is 136 Å². The van der Waals surface area contributed by atoms with E-state index in [1.54, 1.807) is 28.7 Å². The molecule has 1 aromatic heterocycles. The van der Waals surface area contributed by atoms with E-state index < -0.39 is 11.7 Å². The van der Waals surface area contributed by atoms with Crippen molar-refractivity contribution >= 4 is 11.8 Å². The zero-order valence-corrected chi connectivity index (χ0v) is 13.4. The van der Waals surface area contributed by atoms with Gasteiger partial charge < -0.3 is 0 Å². The predicted octanol–water partition coefficient (Wildman–Crippen LogP) is 3.12. The number of hydrogen-bond acceptors (Lipinski definition) is 4. The van der Waals surface area contributed by atoms with Gasteiger partial charge in [0.15, 0.2) is 0 Å². The summed E-state index contributed by atoms with van der Waals surface area (Å²) in [5, 5.41) is 7.78. The van der Waals surface area contributed by atoms with Gasteiger partial charge in [0.2, 0.25) is 0 Å². The van der Waals surface area contributed by atoms with Crippen LogP contribution in [0.1, 0.15) is 22.9 Å². The van der Waals surface area contributed by atoms with E-state index in [0.29, 0.717) is 12.1 Å². The molecule has 1 aromatic carbocycles. The maximum atomic E-state index is 13.0. The van der Waals surface area contributed by atoms with Crippen LogP contribution in [0.4, 0.5) is 13.2 Å². The van der Waals surface area contributed by atoms with E-state index in [1.807, 2.05) is 7.05 Å². The van der Waals surface area contributed by atoms with Gasteiger partial charge in [-0.05, 0) is 17.7 Å². The maximum Gasteiger partial charge on any atom is 0.416 e. The molecule has 1 aliphatic rings. The van der Waals surface area contributed by atoms with Crippen LogP contribution in [-0.4, -0.2) is 37.9 Å². The number of aryl methyl sites for hydroxylation is 1. The lowest BCUT2D eigenvalue weighted by molar-refractivity contribution is -0.137. The molecule has 4 nitrogen and oxygen atoms in total. The van der Waals surface area contributed by atoms with Gasteiger partial charge >= 0.3 is 6.18 Å². The van der Waals surface area contributed by atoms with Crippen LogP contribution >= 0.6 is 11.8 Å². The van der Waals surface area contributed by atoms with E-state index in [4.69, 9.17) is 0 Å². The van der Waals surface area contributed by atoms with Crippen molar-refractivity contribution in [3.63, 3.8) is 0 Å². The first-order chi connectivity index (χ1) is 10.9. The zero-order chi connectivity index (χ0) is 16.4. The molecule has 1 saturated heterocycles. The molecule has 1 fully saturated rings. The van der Waals surface area contributed by atoms with E-state index in [0.717, 1.165) is 29.8 Å². The van der Waals surface area contributed by atoms with Crippen molar-refractivity contribution in [2.75, 3.05) is 18.1 Å². The van der Waals surface area contributed by atoms with Gasteiger partial charge in [0.05, 0.1) is 17.5 Å². The van der Waals surface area contributed by atoms with E-state index in [2.05, 4.69) is 15.2 Å². The van der Waals surface area contributed by atoms with Crippen LogP contribution in [0, 0.1) is 0 Å². The maximum absolute atomic E-state index is 13.0. The highest BCUT2D eigenvalue weighted by Crippen LogP contribution is 2.35. The summed E-state index contributed by atoms with van der Waals surface area (Å²) < 4.78 is 40.6. The number of halogens is 3. The second-order valence-electron chi connectivity index (χ2n) is 5.53. The molecule has 0 N–H and O–H groups in total. The van der Waals surface area contributed by atoms with Gasteiger partial charge in [0.25, 0.3) is 0 Å². The molecule has 3 rings (SSSR count). The Hall–Kier alpha value is -1.54. The molecule has 8 heteroatoms. The van der Waals surface area contributed by atoms with Crippen LogP contribution in [0.25, 0.3) is 0 Å². The Kier molecular flexibility index (Phi) is 4.63. The standard InChI is InChI=1S/C15H17F3N4S/c1-21-13(8-19-20-21)9-22-5-6-23-10-14(22)11-3-2-4-12(7-11)15(16,17)18/h2-4,7-8,14H,5-6,9-10H2,1H3/t14-/m0/s1. The molecular weight excluding hydrogens is 325 g/mol. The number of hydrogen-bond donors (Lipinski definition) is 0. The van der Waals surface area contributed by atoms with Crippen molar-refractivity contribution in [1.82, 2.24) is 19.9 Å². The molecule has 2 heterocycles. The molecule has 0 unspecified atom stereocenters. The number of nitrogens with zero attached hydrogens (tertiary/aromatic N) is 4. The van der Waals surface area contributed by atoms with Crippen LogP contribution in [0.2, 0.25) is 0 Å². The summed E-state index contributed by atoms with van der Waals surface area (Å²) >= 11 is 1.77. The minimum Gasteiger partial charge on any atom is -0.289 e. The molecule has 2 aromatic rings. The molecule has 0 saturated carbocycles. The molecular formula is C15H17F3N4S. The van der Waals surface area contributed by atoms with Gasteiger partial charge in [-0.3, -0.25) is 9.58 Å². The van der Waals surface area contributed by atoms with Crippen molar-refractivity contribution in [2.24, 2.45) is 7.05 Å². The second-order valence-corrected chi connectivity index (χ2v) is 6.68. The zero-order valence-electron chi connectivity index (χ0n) is 12.6. The van der Waals surface area contributed by atoms with Crippen molar-refractivity contribution in [3.05, 3.63) is 47.3 Å².